The summed E-state index contributed by atoms with van der Waals surface area (Å²) in [6.45, 7) is 10.2. The lowest BCUT2D eigenvalue weighted by molar-refractivity contribution is -0.135. The van der Waals surface area contributed by atoms with E-state index >= 15 is 0 Å². The number of piperidine rings is 1. The number of halogens is 1. The van der Waals surface area contributed by atoms with Crippen molar-refractivity contribution in [2.24, 2.45) is 23.0 Å². The molecule has 2 unspecified atom stereocenters. The van der Waals surface area contributed by atoms with Gasteiger partial charge in [-0.1, -0.05) is 20.8 Å². The van der Waals surface area contributed by atoms with E-state index in [2.05, 4.69) is 25.7 Å². The highest BCUT2D eigenvalue weighted by Gasteiger charge is 2.34. The van der Waals surface area contributed by atoms with Crippen molar-refractivity contribution in [3.8, 4) is 0 Å². The molecule has 1 amide bonds. The van der Waals surface area contributed by atoms with E-state index in [4.69, 9.17) is 10.5 Å². The van der Waals surface area contributed by atoms with Crippen LogP contribution in [0.25, 0.3) is 0 Å². The van der Waals surface area contributed by atoms with Crippen LogP contribution in [0.4, 0.5) is 0 Å². The van der Waals surface area contributed by atoms with E-state index < -0.39 is 0 Å². The van der Waals surface area contributed by atoms with Crippen molar-refractivity contribution in [2.75, 3.05) is 26.2 Å². The molecule has 2 rings (SSSR count). The summed E-state index contributed by atoms with van der Waals surface area (Å²) in [6, 6.07) is 0. The van der Waals surface area contributed by atoms with Gasteiger partial charge in [-0.3, -0.25) is 4.79 Å². The zero-order valence-electron chi connectivity index (χ0n) is 15.8. The third kappa shape index (κ3) is 6.89. The maximum absolute atomic E-state index is 12.6. The van der Waals surface area contributed by atoms with Crippen LogP contribution in [0, 0.1) is 17.3 Å². The Labute approximate surface area is 154 Å². The molecule has 142 valence electrons. The molecular weight excluding hydrogens is 324 g/mol. The number of carbonyl (C=O) groups is 1. The molecule has 0 radical (unpaired) electrons. The molecule has 0 spiro atoms. The van der Waals surface area contributed by atoms with Crippen molar-refractivity contribution in [3.63, 3.8) is 0 Å². The topological polar surface area (TPSA) is 55.6 Å². The minimum atomic E-state index is 0. The van der Waals surface area contributed by atoms with Crippen LogP contribution in [-0.4, -0.2) is 43.2 Å². The Morgan fingerprint density at radius 2 is 1.92 bits per heavy atom. The molecule has 1 heterocycles. The molecule has 1 saturated carbocycles. The predicted octanol–water partition coefficient (Wildman–Crippen LogP) is 3.62. The fraction of sp³-hybridized carbons (Fsp3) is 0.947. The highest BCUT2D eigenvalue weighted by atomic mass is 35.5. The van der Waals surface area contributed by atoms with Crippen LogP contribution in [0.15, 0.2) is 0 Å². The summed E-state index contributed by atoms with van der Waals surface area (Å²) in [4.78, 5) is 14.7. The summed E-state index contributed by atoms with van der Waals surface area (Å²) in [7, 11) is 0. The lowest BCUT2D eigenvalue weighted by Gasteiger charge is -2.40. The quantitative estimate of drug-likeness (QED) is 0.736. The lowest BCUT2D eigenvalue weighted by atomic mass is 9.67. The van der Waals surface area contributed by atoms with Gasteiger partial charge in [-0.15, -0.1) is 12.4 Å². The van der Waals surface area contributed by atoms with Gasteiger partial charge in [0.15, 0.2) is 0 Å². The number of hydrogen-bond acceptors (Lipinski definition) is 3. The van der Waals surface area contributed by atoms with Gasteiger partial charge in [0, 0.05) is 26.1 Å². The maximum atomic E-state index is 12.6. The second kappa shape index (κ2) is 9.98. The third-order valence-electron chi connectivity index (χ3n) is 5.44. The van der Waals surface area contributed by atoms with Gasteiger partial charge in [-0.2, -0.15) is 0 Å². The molecule has 0 aromatic rings. The fourth-order valence-electron chi connectivity index (χ4n) is 4.68. The van der Waals surface area contributed by atoms with Crippen molar-refractivity contribution < 1.29 is 9.53 Å². The molecule has 4 nitrogen and oxygen atoms in total. The zero-order valence-corrected chi connectivity index (χ0v) is 16.6. The monoisotopic (exact) mass is 360 g/mol. The smallest absolute Gasteiger partial charge is 0.222 e. The number of hydrogen-bond donors (Lipinski definition) is 1. The van der Waals surface area contributed by atoms with Crippen molar-refractivity contribution in [1.29, 1.82) is 0 Å². The Morgan fingerprint density at radius 3 is 2.50 bits per heavy atom. The van der Waals surface area contributed by atoms with E-state index in [0.29, 0.717) is 29.9 Å². The normalized spacial score (nSPS) is 27.6. The highest BCUT2D eigenvalue weighted by Crippen LogP contribution is 2.43. The number of nitrogens with two attached hydrogens (primary N) is 1. The SMILES string of the molecule is CC1CC(CC(=O)N2CCC(OCCCN)CC2)CC(C)(C)C1.Cl. The third-order valence-corrected chi connectivity index (χ3v) is 5.44. The van der Waals surface area contributed by atoms with E-state index in [1.165, 1.54) is 19.3 Å². The Kier molecular flexibility index (Phi) is 9.03. The molecule has 5 heteroatoms. The lowest BCUT2D eigenvalue weighted by Crippen LogP contribution is -2.42. The van der Waals surface area contributed by atoms with Gasteiger partial charge in [0.2, 0.25) is 5.91 Å². The first-order valence-corrected chi connectivity index (χ1v) is 9.49. The van der Waals surface area contributed by atoms with E-state index in [1.807, 2.05) is 0 Å². The van der Waals surface area contributed by atoms with Gasteiger partial charge in [0.25, 0.3) is 0 Å². The summed E-state index contributed by atoms with van der Waals surface area (Å²) in [5.41, 5.74) is 5.89. The van der Waals surface area contributed by atoms with Gasteiger partial charge in [0.05, 0.1) is 6.10 Å². The van der Waals surface area contributed by atoms with Crippen LogP contribution < -0.4 is 5.73 Å². The molecule has 1 aliphatic carbocycles. The molecule has 0 aromatic carbocycles. The van der Waals surface area contributed by atoms with Crippen molar-refractivity contribution in [2.45, 2.75) is 71.8 Å². The maximum Gasteiger partial charge on any atom is 0.222 e. The predicted molar refractivity (Wildman–Crippen MR) is 101 cm³/mol. The molecule has 2 fully saturated rings. The largest absolute Gasteiger partial charge is 0.378 e. The summed E-state index contributed by atoms with van der Waals surface area (Å²) in [5.74, 6) is 1.68. The Morgan fingerprint density at radius 1 is 1.25 bits per heavy atom. The summed E-state index contributed by atoms with van der Waals surface area (Å²) >= 11 is 0. The zero-order chi connectivity index (χ0) is 16.9. The first kappa shape index (κ1) is 21.7. The van der Waals surface area contributed by atoms with Crippen LogP contribution >= 0.6 is 12.4 Å². The van der Waals surface area contributed by atoms with Crippen LogP contribution in [0.2, 0.25) is 0 Å². The van der Waals surface area contributed by atoms with E-state index in [1.54, 1.807) is 0 Å². The Balaban J connectivity index is 0.00000288. The molecule has 1 saturated heterocycles. The van der Waals surface area contributed by atoms with Gasteiger partial charge in [0.1, 0.15) is 0 Å². The number of likely N-dealkylation sites (tertiary alicyclic amines) is 1. The minimum absolute atomic E-state index is 0. The van der Waals surface area contributed by atoms with Crippen LogP contribution in [0.3, 0.4) is 0 Å². The highest BCUT2D eigenvalue weighted by molar-refractivity contribution is 5.85. The van der Waals surface area contributed by atoms with Crippen molar-refractivity contribution >= 4 is 18.3 Å². The van der Waals surface area contributed by atoms with Crippen LogP contribution in [-0.2, 0) is 9.53 Å². The van der Waals surface area contributed by atoms with Crippen LogP contribution in [0.1, 0.15) is 65.7 Å². The van der Waals surface area contributed by atoms with Gasteiger partial charge < -0.3 is 15.4 Å². The first-order chi connectivity index (χ1) is 10.9. The number of ether oxygens (including phenoxy) is 1. The number of nitrogens with zero attached hydrogens (tertiary/aromatic N) is 1. The molecule has 2 N–H and O–H groups in total. The summed E-state index contributed by atoms with van der Waals surface area (Å²) < 4.78 is 5.82. The molecule has 2 atom stereocenters. The second-order valence-corrected chi connectivity index (χ2v) is 8.58. The van der Waals surface area contributed by atoms with Gasteiger partial charge in [-0.05, 0) is 62.3 Å². The molecule has 2 aliphatic rings. The summed E-state index contributed by atoms with van der Waals surface area (Å²) in [6.07, 6.45) is 7.64. The number of carbonyl (C=O) groups excluding carboxylic acids is 1. The van der Waals surface area contributed by atoms with Crippen LogP contribution in [0.5, 0.6) is 0 Å². The van der Waals surface area contributed by atoms with Gasteiger partial charge >= 0.3 is 0 Å². The average molecular weight is 361 g/mol. The Bertz CT molecular complexity index is 382. The number of amides is 1. The molecule has 0 bridgehead atoms. The second-order valence-electron chi connectivity index (χ2n) is 8.58. The van der Waals surface area contributed by atoms with Gasteiger partial charge in [-0.25, -0.2) is 0 Å². The first-order valence-electron chi connectivity index (χ1n) is 9.49. The molecule has 0 aromatic heterocycles. The number of rotatable bonds is 6. The molecule has 1 aliphatic heterocycles. The van der Waals surface area contributed by atoms with E-state index in [0.717, 1.165) is 51.3 Å². The van der Waals surface area contributed by atoms with E-state index in [9.17, 15) is 4.79 Å². The van der Waals surface area contributed by atoms with Crippen molar-refractivity contribution in [3.05, 3.63) is 0 Å². The van der Waals surface area contributed by atoms with E-state index in [-0.39, 0.29) is 12.4 Å². The summed E-state index contributed by atoms with van der Waals surface area (Å²) in [5, 5.41) is 0. The fourth-order valence-corrected chi connectivity index (χ4v) is 4.68. The standard InChI is InChI=1S/C19H36N2O2.ClH/c1-15-11-16(14-19(2,3)13-15)12-18(22)21-8-5-17(6-9-21)23-10-4-7-20;/h15-17H,4-14,20H2,1-3H3;1H. The molecule has 24 heavy (non-hydrogen) atoms. The average Bonchev–Trinajstić information content (AvgIpc) is 2.46. The van der Waals surface area contributed by atoms with Crippen molar-refractivity contribution in [1.82, 2.24) is 4.90 Å². The molecular formula is C19H37ClN2O2. The minimum Gasteiger partial charge on any atom is -0.378 e. The Hall–Kier alpha value is -0.320.